The first kappa shape index (κ1) is 21.3. The molecule has 3 aliphatic carbocycles. The van der Waals surface area contributed by atoms with Gasteiger partial charge in [-0.25, -0.2) is 9.59 Å². The molecule has 2 atom stereocenters. The molecule has 1 heterocycles. The minimum Gasteiger partial charge on any atom is -0.465 e. The highest BCUT2D eigenvalue weighted by molar-refractivity contribution is 6.09. The molecule has 3 aromatic carbocycles. The number of ether oxygens (including phenoxy) is 2. The minimum absolute atomic E-state index is 0.207. The average molecular weight is 467 g/mol. The molecule has 0 unspecified atom stereocenters. The number of hydrogen-bond acceptors (Lipinski definition) is 6. The molecule has 2 amide bonds. The average Bonchev–Trinajstić information content (AvgIpc) is 3.14. The number of imide groups is 1. The van der Waals surface area contributed by atoms with Crippen LogP contribution in [0.2, 0.25) is 0 Å². The summed E-state index contributed by atoms with van der Waals surface area (Å²) in [6.07, 6.45) is 0. The van der Waals surface area contributed by atoms with Crippen molar-refractivity contribution in [2.45, 2.75) is 11.8 Å². The Bertz CT molecular complexity index is 1280. The van der Waals surface area contributed by atoms with Crippen molar-refractivity contribution >= 4 is 23.8 Å². The Morgan fingerprint density at radius 3 is 1.63 bits per heavy atom. The van der Waals surface area contributed by atoms with E-state index in [-0.39, 0.29) is 29.4 Å². The summed E-state index contributed by atoms with van der Waals surface area (Å²) in [4.78, 5) is 52.4. The number of carbonyl (C=O) groups is 4. The number of rotatable bonds is 4. The predicted octanol–water partition coefficient (Wildman–Crippen LogP) is 3.27. The Balaban J connectivity index is 1.27. The molecular formula is C28H21NO6. The lowest BCUT2D eigenvalue weighted by molar-refractivity contribution is -0.148. The van der Waals surface area contributed by atoms with E-state index in [1.165, 1.54) is 31.4 Å². The van der Waals surface area contributed by atoms with Crippen LogP contribution in [0.15, 0.2) is 72.8 Å². The molecule has 174 valence electrons. The van der Waals surface area contributed by atoms with Crippen molar-refractivity contribution in [3.63, 3.8) is 0 Å². The van der Waals surface area contributed by atoms with Crippen LogP contribution in [0.1, 0.15) is 44.4 Å². The molecule has 4 aliphatic rings. The summed E-state index contributed by atoms with van der Waals surface area (Å²) in [6.45, 7) is -0.463. The number of esters is 2. The third kappa shape index (κ3) is 3.11. The first-order valence-electron chi connectivity index (χ1n) is 11.4. The van der Waals surface area contributed by atoms with E-state index < -0.39 is 30.3 Å². The summed E-state index contributed by atoms with van der Waals surface area (Å²) in [7, 11) is 1.28. The molecule has 1 fully saturated rings. The van der Waals surface area contributed by atoms with Gasteiger partial charge in [0.15, 0.2) is 0 Å². The van der Waals surface area contributed by atoms with Gasteiger partial charge in [0.1, 0.15) is 12.3 Å². The zero-order chi connectivity index (χ0) is 24.3. The Kier molecular flexibility index (Phi) is 4.81. The summed E-state index contributed by atoms with van der Waals surface area (Å²) < 4.78 is 10.0. The maximum Gasteiger partial charge on any atom is 0.337 e. The highest BCUT2D eigenvalue weighted by atomic mass is 16.5. The molecule has 2 bridgehead atoms. The first-order chi connectivity index (χ1) is 17.0. The maximum atomic E-state index is 13.5. The van der Waals surface area contributed by atoms with Crippen molar-refractivity contribution in [2.24, 2.45) is 11.8 Å². The molecule has 0 saturated carbocycles. The van der Waals surface area contributed by atoms with Crippen LogP contribution in [0.4, 0.5) is 0 Å². The zero-order valence-corrected chi connectivity index (χ0v) is 18.8. The topological polar surface area (TPSA) is 90.0 Å². The van der Waals surface area contributed by atoms with E-state index in [2.05, 4.69) is 4.74 Å². The lowest BCUT2D eigenvalue weighted by Crippen LogP contribution is -2.41. The van der Waals surface area contributed by atoms with Crippen molar-refractivity contribution < 1.29 is 28.7 Å². The second kappa shape index (κ2) is 7.91. The van der Waals surface area contributed by atoms with E-state index >= 15 is 0 Å². The number of likely N-dealkylation sites (tertiary alicyclic amines) is 1. The highest BCUT2D eigenvalue weighted by Gasteiger charge is 2.61. The van der Waals surface area contributed by atoms with Crippen LogP contribution in [0, 0.1) is 11.8 Å². The fraction of sp³-hybridized carbons (Fsp3) is 0.214. The van der Waals surface area contributed by atoms with Crippen LogP contribution in [-0.2, 0) is 19.1 Å². The fourth-order valence-corrected chi connectivity index (χ4v) is 5.96. The molecule has 7 rings (SSSR count). The van der Waals surface area contributed by atoms with Gasteiger partial charge in [0.2, 0.25) is 11.8 Å². The van der Waals surface area contributed by atoms with E-state index in [0.29, 0.717) is 5.56 Å². The lowest BCUT2D eigenvalue weighted by Gasteiger charge is -2.45. The van der Waals surface area contributed by atoms with E-state index in [4.69, 9.17) is 4.74 Å². The molecule has 0 spiro atoms. The fourth-order valence-electron chi connectivity index (χ4n) is 5.96. The van der Waals surface area contributed by atoms with Crippen molar-refractivity contribution in [3.8, 4) is 5.75 Å². The largest absolute Gasteiger partial charge is 0.465 e. The van der Waals surface area contributed by atoms with Crippen LogP contribution in [0.3, 0.4) is 0 Å². The highest BCUT2D eigenvalue weighted by Crippen LogP contribution is 2.60. The standard InChI is InChI=1S/C28H21NO6/c1-34-28(33)15-10-12-16(13-11-15)35-21(30)14-29-26(31)24-22-17-6-2-3-7-18(17)23(25(24)27(29)32)20-9-5-4-8-19(20)22/h2-13,22-25H,14H2,1H3/t22?,23?,24-,25+. The first-order valence-corrected chi connectivity index (χ1v) is 11.4. The Hall–Kier alpha value is -4.26. The smallest absolute Gasteiger partial charge is 0.337 e. The third-order valence-corrected chi connectivity index (χ3v) is 7.33. The van der Waals surface area contributed by atoms with Gasteiger partial charge in [0, 0.05) is 11.8 Å². The van der Waals surface area contributed by atoms with E-state index in [1.807, 2.05) is 48.5 Å². The molecule has 0 N–H and O–H groups in total. The lowest BCUT2D eigenvalue weighted by atomic mass is 9.55. The van der Waals surface area contributed by atoms with Crippen molar-refractivity contribution in [1.82, 2.24) is 4.90 Å². The van der Waals surface area contributed by atoms with Gasteiger partial charge in [-0.15, -0.1) is 0 Å². The Labute approximate surface area is 201 Å². The summed E-state index contributed by atoms with van der Waals surface area (Å²) in [5.74, 6) is -3.21. The van der Waals surface area contributed by atoms with E-state index in [0.717, 1.165) is 27.2 Å². The zero-order valence-electron chi connectivity index (χ0n) is 18.8. The van der Waals surface area contributed by atoms with Gasteiger partial charge < -0.3 is 9.47 Å². The summed E-state index contributed by atoms with van der Waals surface area (Å²) in [5.41, 5.74) is 4.63. The second-order valence-electron chi connectivity index (χ2n) is 9.02. The number of methoxy groups -OCH3 is 1. The van der Waals surface area contributed by atoms with Gasteiger partial charge in [-0.1, -0.05) is 48.5 Å². The molecule has 7 heteroatoms. The maximum absolute atomic E-state index is 13.5. The van der Waals surface area contributed by atoms with Gasteiger partial charge in [-0.2, -0.15) is 0 Å². The third-order valence-electron chi connectivity index (χ3n) is 7.33. The van der Waals surface area contributed by atoms with Crippen LogP contribution in [0.5, 0.6) is 5.75 Å². The number of carbonyl (C=O) groups excluding carboxylic acids is 4. The van der Waals surface area contributed by atoms with Crippen LogP contribution in [-0.4, -0.2) is 42.3 Å². The number of nitrogens with zero attached hydrogens (tertiary/aromatic N) is 1. The van der Waals surface area contributed by atoms with E-state index in [9.17, 15) is 19.2 Å². The Morgan fingerprint density at radius 1 is 0.743 bits per heavy atom. The Morgan fingerprint density at radius 2 is 1.20 bits per heavy atom. The van der Waals surface area contributed by atoms with Crippen molar-refractivity contribution in [3.05, 3.63) is 101 Å². The molecule has 3 aromatic rings. The van der Waals surface area contributed by atoms with Gasteiger partial charge >= 0.3 is 11.9 Å². The van der Waals surface area contributed by atoms with Crippen molar-refractivity contribution in [2.75, 3.05) is 13.7 Å². The van der Waals surface area contributed by atoms with Gasteiger partial charge in [0.05, 0.1) is 24.5 Å². The molecular weight excluding hydrogens is 446 g/mol. The second-order valence-corrected chi connectivity index (χ2v) is 9.02. The summed E-state index contributed by atoms with van der Waals surface area (Å²) >= 11 is 0. The van der Waals surface area contributed by atoms with Crippen molar-refractivity contribution in [1.29, 1.82) is 0 Å². The number of hydrogen-bond donors (Lipinski definition) is 0. The van der Waals surface area contributed by atoms with Crippen LogP contribution in [0.25, 0.3) is 0 Å². The quantitative estimate of drug-likeness (QED) is 0.332. The van der Waals surface area contributed by atoms with Gasteiger partial charge in [-0.3, -0.25) is 14.5 Å². The molecule has 0 aromatic heterocycles. The molecule has 1 saturated heterocycles. The summed E-state index contributed by atoms with van der Waals surface area (Å²) in [5, 5.41) is 0. The number of benzene rings is 3. The summed E-state index contributed by atoms with van der Waals surface area (Å²) in [6, 6.07) is 21.8. The van der Waals surface area contributed by atoms with Gasteiger partial charge in [-0.05, 0) is 46.5 Å². The van der Waals surface area contributed by atoms with Gasteiger partial charge in [0.25, 0.3) is 0 Å². The molecule has 1 aliphatic heterocycles. The van der Waals surface area contributed by atoms with Crippen LogP contribution < -0.4 is 4.74 Å². The molecule has 35 heavy (non-hydrogen) atoms. The van der Waals surface area contributed by atoms with E-state index in [1.54, 1.807) is 0 Å². The minimum atomic E-state index is -0.724. The van der Waals surface area contributed by atoms with Crippen LogP contribution >= 0.6 is 0 Å². The monoisotopic (exact) mass is 467 g/mol. The number of amides is 2. The predicted molar refractivity (Wildman–Crippen MR) is 124 cm³/mol. The molecule has 0 radical (unpaired) electrons. The normalized spacial score (nSPS) is 23.4. The molecule has 7 nitrogen and oxygen atoms in total. The SMILES string of the molecule is COC(=O)c1ccc(OC(=O)CN2C(=O)[C@@H]3C4c5ccccc5C(c5ccccc54)[C@@H]3C2=O)cc1.